The number of likely N-dealkylation sites (tertiary alicyclic amines) is 1. The third-order valence-corrected chi connectivity index (χ3v) is 6.32. The molecule has 0 saturated carbocycles. The molecule has 2 aromatic rings. The summed E-state index contributed by atoms with van der Waals surface area (Å²) in [6, 6.07) is 9.21. The number of phenols is 1. The smallest absolute Gasteiger partial charge is 0.295 e. The fourth-order valence-corrected chi connectivity index (χ4v) is 4.54. The van der Waals surface area contributed by atoms with Gasteiger partial charge in [0.1, 0.15) is 11.5 Å². The molecule has 0 bridgehead atoms. The number of aryl methyl sites for hydroxylation is 1. The standard InChI is InChI=1S/C25H27N3O7/c1-16-6-7-20(29)19(14-16)23(30)21-22(17-4-2-5-18(15-17)28(33)34)27(25(32)24(21)31)9-3-8-26-10-12-35-13-11-26/h2,4-7,14-15,22,29-30H,3,8-13H2,1H3/t22-/m0/s1. The molecule has 1 atom stereocenters. The van der Waals surface area contributed by atoms with Gasteiger partial charge in [-0.15, -0.1) is 0 Å². The number of rotatable bonds is 7. The number of aliphatic hydroxyl groups excluding tert-OH is 1. The number of hydrogen-bond acceptors (Lipinski definition) is 8. The number of aliphatic hydroxyl groups is 1. The van der Waals surface area contributed by atoms with Crippen LogP contribution >= 0.6 is 0 Å². The van der Waals surface area contributed by atoms with E-state index >= 15 is 0 Å². The van der Waals surface area contributed by atoms with Gasteiger partial charge in [0.2, 0.25) is 0 Å². The lowest BCUT2D eigenvalue weighted by molar-refractivity contribution is -0.384. The van der Waals surface area contributed by atoms with Gasteiger partial charge >= 0.3 is 0 Å². The van der Waals surface area contributed by atoms with Crippen molar-refractivity contribution in [1.82, 2.24) is 9.80 Å². The zero-order valence-corrected chi connectivity index (χ0v) is 19.3. The number of ketones is 1. The highest BCUT2D eigenvalue weighted by molar-refractivity contribution is 6.46. The number of nitrogens with zero attached hydrogens (tertiary/aromatic N) is 3. The second-order valence-electron chi connectivity index (χ2n) is 8.67. The number of ether oxygens (including phenoxy) is 1. The van der Waals surface area contributed by atoms with Gasteiger partial charge in [-0.1, -0.05) is 23.8 Å². The number of phenolic OH excluding ortho intramolecular Hbond substituents is 1. The van der Waals surface area contributed by atoms with Crippen molar-refractivity contribution >= 4 is 23.1 Å². The molecule has 2 aromatic carbocycles. The van der Waals surface area contributed by atoms with E-state index in [-0.39, 0.29) is 29.1 Å². The molecule has 2 fully saturated rings. The number of nitro benzene ring substituents is 1. The first-order valence-electron chi connectivity index (χ1n) is 11.4. The van der Waals surface area contributed by atoms with Crippen molar-refractivity contribution in [3.05, 3.63) is 74.8 Å². The van der Waals surface area contributed by atoms with Crippen LogP contribution in [0.25, 0.3) is 5.76 Å². The largest absolute Gasteiger partial charge is 0.507 e. The van der Waals surface area contributed by atoms with Crippen molar-refractivity contribution in [2.75, 3.05) is 39.4 Å². The Bertz CT molecular complexity index is 1190. The predicted octanol–water partition coefficient (Wildman–Crippen LogP) is 2.75. The number of carbonyl (C=O) groups is 2. The maximum absolute atomic E-state index is 13.1. The summed E-state index contributed by atoms with van der Waals surface area (Å²) in [6.45, 7) is 5.49. The number of morpholine rings is 1. The molecule has 0 aliphatic carbocycles. The first-order valence-corrected chi connectivity index (χ1v) is 11.4. The molecule has 0 spiro atoms. The Morgan fingerprint density at radius 2 is 1.89 bits per heavy atom. The lowest BCUT2D eigenvalue weighted by atomic mass is 9.94. The second-order valence-corrected chi connectivity index (χ2v) is 8.67. The third-order valence-electron chi connectivity index (χ3n) is 6.32. The van der Waals surface area contributed by atoms with E-state index in [2.05, 4.69) is 4.90 Å². The number of benzene rings is 2. The summed E-state index contributed by atoms with van der Waals surface area (Å²) >= 11 is 0. The van der Waals surface area contributed by atoms with E-state index in [9.17, 15) is 29.9 Å². The van der Waals surface area contributed by atoms with Crippen molar-refractivity contribution in [2.24, 2.45) is 0 Å². The summed E-state index contributed by atoms with van der Waals surface area (Å²) in [7, 11) is 0. The van der Waals surface area contributed by atoms with E-state index in [1.165, 1.54) is 35.2 Å². The van der Waals surface area contributed by atoms with Gasteiger partial charge in [-0.25, -0.2) is 0 Å². The van der Waals surface area contributed by atoms with Gasteiger partial charge in [0.15, 0.2) is 0 Å². The van der Waals surface area contributed by atoms with E-state index < -0.39 is 28.4 Å². The van der Waals surface area contributed by atoms with E-state index in [1.807, 2.05) is 0 Å². The molecular formula is C25H27N3O7. The van der Waals surface area contributed by atoms with Crippen LogP contribution in [0.3, 0.4) is 0 Å². The quantitative estimate of drug-likeness (QED) is 0.203. The number of aromatic hydroxyl groups is 1. The molecule has 2 N–H and O–H groups in total. The van der Waals surface area contributed by atoms with Crippen LogP contribution in [-0.4, -0.2) is 76.0 Å². The number of nitro groups is 1. The maximum Gasteiger partial charge on any atom is 0.295 e. The van der Waals surface area contributed by atoms with E-state index in [4.69, 9.17) is 4.74 Å². The molecule has 35 heavy (non-hydrogen) atoms. The van der Waals surface area contributed by atoms with Crippen LogP contribution in [0.2, 0.25) is 0 Å². The number of carbonyl (C=O) groups excluding carboxylic acids is 2. The lowest BCUT2D eigenvalue weighted by Crippen LogP contribution is -2.39. The lowest BCUT2D eigenvalue weighted by Gasteiger charge is -2.29. The summed E-state index contributed by atoms with van der Waals surface area (Å²) < 4.78 is 5.36. The Morgan fingerprint density at radius 1 is 1.14 bits per heavy atom. The van der Waals surface area contributed by atoms with Crippen molar-refractivity contribution in [3.8, 4) is 5.75 Å². The Balaban J connectivity index is 1.74. The van der Waals surface area contributed by atoms with Crippen LogP contribution in [0.1, 0.15) is 29.2 Å². The average molecular weight is 482 g/mol. The molecule has 184 valence electrons. The number of non-ortho nitro benzene ring substituents is 1. The monoisotopic (exact) mass is 481 g/mol. The van der Waals surface area contributed by atoms with Gasteiger partial charge in [0.05, 0.1) is 35.3 Å². The number of Topliss-reactive ketones (excluding diaryl/α,β-unsaturated/α-hetero) is 1. The number of hydrogen-bond donors (Lipinski definition) is 2. The molecule has 2 aliphatic rings. The van der Waals surface area contributed by atoms with Crippen LogP contribution in [-0.2, 0) is 14.3 Å². The summed E-state index contributed by atoms with van der Waals surface area (Å²) in [5, 5.41) is 32.9. The summed E-state index contributed by atoms with van der Waals surface area (Å²) in [6.07, 6.45) is 0.564. The maximum atomic E-state index is 13.1. The molecule has 2 aliphatic heterocycles. The predicted molar refractivity (Wildman–Crippen MR) is 127 cm³/mol. The molecule has 10 nitrogen and oxygen atoms in total. The van der Waals surface area contributed by atoms with Crippen LogP contribution in [0.4, 0.5) is 5.69 Å². The highest BCUT2D eigenvalue weighted by Gasteiger charge is 2.46. The first-order chi connectivity index (χ1) is 16.8. The SMILES string of the molecule is Cc1ccc(O)c(C(O)=C2C(=O)C(=O)N(CCCN3CCOCC3)[C@H]2c2cccc([N+](=O)[O-])c2)c1. The van der Waals surface area contributed by atoms with Gasteiger partial charge in [-0.2, -0.15) is 0 Å². The van der Waals surface area contributed by atoms with Gasteiger partial charge in [-0.05, 0) is 31.0 Å². The molecule has 0 aromatic heterocycles. The molecule has 1 amide bonds. The highest BCUT2D eigenvalue weighted by atomic mass is 16.6. The highest BCUT2D eigenvalue weighted by Crippen LogP contribution is 2.41. The molecule has 0 unspecified atom stereocenters. The van der Waals surface area contributed by atoms with E-state index in [0.29, 0.717) is 31.7 Å². The fraction of sp³-hybridized carbons (Fsp3) is 0.360. The zero-order chi connectivity index (χ0) is 25.1. The Labute approximate surface area is 202 Å². The van der Waals surface area contributed by atoms with Gasteiger partial charge in [0, 0.05) is 38.3 Å². The van der Waals surface area contributed by atoms with Gasteiger partial charge < -0.3 is 19.8 Å². The average Bonchev–Trinajstić information content (AvgIpc) is 3.11. The molecular weight excluding hydrogens is 454 g/mol. The minimum absolute atomic E-state index is 0.0201. The minimum Gasteiger partial charge on any atom is -0.507 e. The fourth-order valence-electron chi connectivity index (χ4n) is 4.54. The minimum atomic E-state index is -1.03. The van der Waals surface area contributed by atoms with E-state index in [1.54, 1.807) is 19.1 Å². The van der Waals surface area contributed by atoms with E-state index in [0.717, 1.165) is 18.7 Å². The Hall–Kier alpha value is -3.76. The van der Waals surface area contributed by atoms with Crippen LogP contribution in [0.15, 0.2) is 48.0 Å². The molecule has 4 rings (SSSR count). The van der Waals surface area contributed by atoms with Gasteiger partial charge in [-0.3, -0.25) is 24.6 Å². The van der Waals surface area contributed by atoms with Crippen molar-refractivity contribution in [1.29, 1.82) is 0 Å². The molecule has 0 radical (unpaired) electrons. The summed E-state index contributed by atoms with van der Waals surface area (Å²) in [5.74, 6) is -2.45. The first kappa shape index (κ1) is 24.4. The summed E-state index contributed by atoms with van der Waals surface area (Å²) in [4.78, 5) is 40.6. The van der Waals surface area contributed by atoms with Gasteiger partial charge in [0.25, 0.3) is 17.4 Å². The van der Waals surface area contributed by atoms with Crippen molar-refractivity contribution in [2.45, 2.75) is 19.4 Å². The molecule has 2 heterocycles. The third kappa shape index (κ3) is 5.03. The Kier molecular flexibility index (Phi) is 7.13. The Morgan fingerprint density at radius 3 is 2.60 bits per heavy atom. The van der Waals surface area contributed by atoms with Crippen LogP contribution in [0.5, 0.6) is 5.75 Å². The zero-order valence-electron chi connectivity index (χ0n) is 19.3. The summed E-state index contributed by atoms with van der Waals surface area (Å²) in [5.41, 5.74) is 0.684. The topological polar surface area (TPSA) is 133 Å². The number of amides is 1. The normalized spacial score (nSPS) is 20.4. The molecule has 2 saturated heterocycles. The molecule has 10 heteroatoms. The second kappa shape index (κ2) is 10.2. The van der Waals surface area contributed by atoms with Crippen molar-refractivity contribution in [3.63, 3.8) is 0 Å². The van der Waals surface area contributed by atoms with Crippen LogP contribution < -0.4 is 0 Å². The van der Waals surface area contributed by atoms with Crippen LogP contribution in [0, 0.1) is 17.0 Å². The van der Waals surface area contributed by atoms with Crippen molar-refractivity contribution < 1.29 is 29.5 Å².